The topological polar surface area (TPSA) is 95.2 Å². The fraction of sp³-hybridized carbons (Fsp3) is 0.500. The monoisotopic (exact) mass is 368 g/mol. The van der Waals surface area contributed by atoms with Gasteiger partial charge in [0.05, 0.1) is 23.3 Å². The van der Waals surface area contributed by atoms with Crippen molar-refractivity contribution in [2.75, 3.05) is 19.3 Å². The third kappa shape index (κ3) is 4.16. The number of H-pyrrole nitrogens is 1. The Hall–Kier alpha value is -2.00. The van der Waals surface area contributed by atoms with Crippen molar-refractivity contribution in [3.05, 3.63) is 29.8 Å². The number of rotatable bonds is 4. The standard InChI is InChI=1S/C16H21FN4O3S/c1-10(20-25(2,23)24)16(22)21-7-5-11(6-8-21)15-18-13-4-3-12(17)9-14(13)19-15/h3-4,9-11,20H,5-8H2,1-2H3,(H,18,19). The van der Waals surface area contributed by atoms with Gasteiger partial charge in [-0.15, -0.1) is 0 Å². The molecular weight excluding hydrogens is 347 g/mol. The van der Waals surface area contributed by atoms with E-state index in [2.05, 4.69) is 14.7 Å². The number of hydrogen-bond donors (Lipinski definition) is 2. The number of amides is 1. The molecule has 0 spiro atoms. The summed E-state index contributed by atoms with van der Waals surface area (Å²) in [6.07, 6.45) is 2.48. The highest BCUT2D eigenvalue weighted by molar-refractivity contribution is 7.88. The van der Waals surface area contributed by atoms with Gasteiger partial charge in [0.2, 0.25) is 15.9 Å². The van der Waals surface area contributed by atoms with Crippen LogP contribution in [-0.2, 0) is 14.8 Å². The predicted molar refractivity (Wildman–Crippen MR) is 92.0 cm³/mol. The Morgan fingerprint density at radius 2 is 2.08 bits per heavy atom. The maximum atomic E-state index is 13.3. The van der Waals surface area contributed by atoms with Crippen LogP contribution in [-0.4, -0.2) is 54.6 Å². The van der Waals surface area contributed by atoms with E-state index in [4.69, 9.17) is 0 Å². The van der Waals surface area contributed by atoms with Crippen molar-refractivity contribution in [3.8, 4) is 0 Å². The molecule has 1 fully saturated rings. The van der Waals surface area contributed by atoms with Crippen LogP contribution in [0.2, 0.25) is 0 Å². The Morgan fingerprint density at radius 1 is 1.40 bits per heavy atom. The van der Waals surface area contributed by atoms with E-state index in [9.17, 15) is 17.6 Å². The van der Waals surface area contributed by atoms with Gasteiger partial charge in [-0.1, -0.05) is 0 Å². The number of sulfonamides is 1. The number of benzene rings is 1. The molecule has 0 aliphatic carbocycles. The highest BCUT2D eigenvalue weighted by atomic mass is 32.2. The average molecular weight is 368 g/mol. The zero-order valence-electron chi connectivity index (χ0n) is 14.1. The summed E-state index contributed by atoms with van der Waals surface area (Å²) in [6, 6.07) is 3.66. The summed E-state index contributed by atoms with van der Waals surface area (Å²) in [5, 5.41) is 0. The van der Waals surface area contributed by atoms with Gasteiger partial charge in [-0.3, -0.25) is 4.79 Å². The highest BCUT2D eigenvalue weighted by Gasteiger charge is 2.29. The number of aromatic amines is 1. The molecule has 2 heterocycles. The molecule has 1 atom stereocenters. The Labute approximate surface area is 145 Å². The van der Waals surface area contributed by atoms with Crippen LogP contribution in [0.15, 0.2) is 18.2 Å². The van der Waals surface area contributed by atoms with Crippen LogP contribution < -0.4 is 4.72 Å². The second-order valence-corrected chi connectivity index (χ2v) is 8.27. The summed E-state index contributed by atoms with van der Waals surface area (Å²) in [4.78, 5) is 21.7. The van der Waals surface area contributed by atoms with Crippen LogP contribution in [0, 0.1) is 5.82 Å². The molecular formula is C16H21FN4O3S. The number of carbonyl (C=O) groups excluding carboxylic acids is 1. The maximum Gasteiger partial charge on any atom is 0.240 e. The van der Waals surface area contributed by atoms with Crippen LogP contribution >= 0.6 is 0 Å². The first-order valence-electron chi connectivity index (χ1n) is 8.14. The molecule has 25 heavy (non-hydrogen) atoms. The van der Waals surface area contributed by atoms with Crippen LogP contribution in [0.5, 0.6) is 0 Å². The second kappa shape index (κ2) is 6.72. The minimum atomic E-state index is -3.42. The van der Waals surface area contributed by atoms with Crippen molar-refractivity contribution in [2.45, 2.75) is 31.7 Å². The summed E-state index contributed by atoms with van der Waals surface area (Å²) in [7, 11) is -3.42. The third-order valence-electron chi connectivity index (χ3n) is 4.42. The molecule has 1 saturated heterocycles. The Kier molecular flexibility index (Phi) is 4.79. The number of piperidine rings is 1. The van der Waals surface area contributed by atoms with Gasteiger partial charge < -0.3 is 9.88 Å². The van der Waals surface area contributed by atoms with Crippen molar-refractivity contribution in [1.82, 2.24) is 19.6 Å². The van der Waals surface area contributed by atoms with Crippen LogP contribution in [0.1, 0.15) is 31.5 Å². The van der Waals surface area contributed by atoms with Crippen LogP contribution in [0.3, 0.4) is 0 Å². The van der Waals surface area contributed by atoms with E-state index in [1.807, 2.05) is 0 Å². The van der Waals surface area contributed by atoms with Crippen LogP contribution in [0.4, 0.5) is 4.39 Å². The normalized spacial score (nSPS) is 17.8. The van der Waals surface area contributed by atoms with Gasteiger partial charge in [0, 0.05) is 19.0 Å². The molecule has 1 unspecified atom stereocenters. The van der Waals surface area contributed by atoms with Gasteiger partial charge in [-0.05, 0) is 38.0 Å². The fourth-order valence-electron chi connectivity index (χ4n) is 3.21. The summed E-state index contributed by atoms with van der Waals surface area (Å²) in [5.74, 6) is 0.429. The van der Waals surface area contributed by atoms with Crippen molar-refractivity contribution in [2.24, 2.45) is 0 Å². The van der Waals surface area contributed by atoms with Gasteiger partial charge in [0.15, 0.2) is 0 Å². The SMILES string of the molecule is CC(NS(C)(=O)=O)C(=O)N1CCC(c2nc3ccc(F)cc3[nH]2)CC1. The zero-order chi connectivity index (χ0) is 18.2. The first-order chi connectivity index (χ1) is 11.7. The minimum Gasteiger partial charge on any atom is -0.342 e. The molecule has 136 valence electrons. The largest absolute Gasteiger partial charge is 0.342 e. The van der Waals surface area contributed by atoms with Gasteiger partial charge in [0.1, 0.15) is 11.6 Å². The van der Waals surface area contributed by atoms with Crippen molar-refractivity contribution >= 4 is 27.0 Å². The van der Waals surface area contributed by atoms with E-state index in [1.165, 1.54) is 12.1 Å². The van der Waals surface area contributed by atoms with E-state index in [-0.39, 0.29) is 17.6 Å². The molecule has 9 heteroatoms. The van der Waals surface area contributed by atoms with E-state index < -0.39 is 16.1 Å². The number of nitrogens with zero attached hydrogens (tertiary/aromatic N) is 2. The number of likely N-dealkylation sites (tertiary alicyclic amines) is 1. The number of fused-ring (bicyclic) bond motifs is 1. The van der Waals surface area contributed by atoms with Crippen LogP contribution in [0.25, 0.3) is 11.0 Å². The lowest BCUT2D eigenvalue weighted by atomic mass is 9.96. The molecule has 7 nitrogen and oxygen atoms in total. The molecule has 1 amide bonds. The first-order valence-corrected chi connectivity index (χ1v) is 10.0. The summed E-state index contributed by atoms with van der Waals surface area (Å²) >= 11 is 0. The zero-order valence-corrected chi connectivity index (χ0v) is 14.9. The smallest absolute Gasteiger partial charge is 0.240 e. The summed E-state index contributed by atoms with van der Waals surface area (Å²) < 4.78 is 38.1. The lowest BCUT2D eigenvalue weighted by Crippen LogP contribution is -2.48. The minimum absolute atomic E-state index is 0.165. The number of aromatic nitrogens is 2. The molecule has 2 aromatic rings. The highest BCUT2D eigenvalue weighted by Crippen LogP contribution is 2.28. The van der Waals surface area contributed by atoms with Gasteiger partial charge in [0.25, 0.3) is 0 Å². The number of carbonyl (C=O) groups is 1. The molecule has 0 saturated carbocycles. The van der Waals surface area contributed by atoms with Crippen molar-refractivity contribution in [3.63, 3.8) is 0 Å². The van der Waals surface area contributed by atoms with E-state index in [0.29, 0.717) is 18.6 Å². The quantitative estimate of drug-likeness (QED) is 0.851. The van der Waals surface area contributed by atoms with E-state index in [0.717, 1.165) is 30.4 Å². The lowest BCUT2D eigenvalue weighted by Gasteiger charge is -2.32. The Bertz CT molecular complexity index is 888. The molecule has 2 N–H and O–H groups in total. The molecule has 0 radical (unpaired) electrons. The van der Waals surface area contributed by atoms with Gasteiger partial charge >= 0.3 is 0 Å². The first kappa shape index (κ1) is 17.8. The average Bonchev–Trinajstić information content (AvgIpc) is 2.95. The number of halogens is 1. The number of hydrogen-bond acceptors (Lipinski definition) is 4. The Morgan fingerprint density at radius 3 is 2.72 bits per heavy atom. The fourth-order valence-corrected chi connectivity index (χ4v) is 3.96. The van der Waals surface area contributed by atoms with Crippen molar-refractivity contribution < 1.29 is 17.6 Å². The predicted octanol–water partition coefficient (Wildman–Crippen LogP) is 1.35. The van der Waals surface area contributed by atoms with E-state index in [1.54, 1.807) is 17.9 Å². The lowest BCUT2D eigenvalue weighted by molar-refractivity contribution is -0.133. The maximum absolute atomic E-state index is 13.3. The van der Waals surface area contributed by atoms with Gasteiger partial charge in [-0.25, -0.2) is 22.5 Å². The molecule has 1 aliphatic heterocycles. The Balaban J connectivity index is 1.63. The summed E-state index contributed by atoms with van der Waals surface area (Å²) in [6.45, 7) is 2.61. The number of nitrogens with one attached hydrogen (secondary N) is 2. The van der Waals surface area contributed by atoms with Gasteiger partial charge in [-0.2, -0.15) is 0 Å². The molecule has 1 aromatic heterocycles. The molecule has 1 aliphatic rings. The van der Waals surface area contributed by atoms with Crippen molar-refractivity contribution in [1.29, 1.82) is 0 Å². The second-order valence-electron chi connectivity index (χ2n) is 6.49. The third-order valence-corrected chi connectivity index (χ3v) is 5.20. The molecule has 3 rings (SSSR count). The molecule has 0 bridgehead atoms. The number of imidazole rings is 1. The molecule has 1 aromatic carbocycles. The van der Waals surface area contributed by atoms with E-state index >= 15 is 0 Å². The summed E-state index contributed by atoms with van der Waals surface area (Å²) in [5.41, 5.74) is 1.39.